The summed E-state index contributed by atoms with van der Waals surface area (Å²) in [6.07, 6.45) is 3.74. The third-order valence-corrected chi connectivity index (χ3v) is 2.77. The molecule has 0 amide bonds. The molecule has 2 aromatic heterocycles. The lowest BCUT2D eigenvalue weighted by molar-refractivity contribution is 1.31. The first-order valence-corrected chi connectivity index (χ1v) is 4.92. The van der Waals surface area contributed by atoms with Crippen molar-refractivity contribution in [1.29, 1.82) is 0 Å². The van der Waals surface area contributed by atoms with E-state index in [0.29, 0.717) is 0 Å². The van der Waals surface area contributed by atoms with E-state index in [4.69, 9.17) is 0 Å². The lowest BCUT2D eigenvalue weighted by Crippen LogP contribution is -1.74. The van der Waals surface area contributed by atoms with E-state index in [-0.39, 0.29) is 6.15 Å². The van der Waals surface area contributed by atoms with E-state index in [2.05, 4.69) is 54.6 Å². The Morgan fingerprint density at radius 1 is 1.50 bits per heavy atom. The highest BCUT2D eigenvalue weighted by molar-refractivity contribution is 14.1. The Morgan fingerprint density at radius 3 is 3.00 bits per heavy atom. The van der Waals surface area contributed by atoms with Crippen molar-refractivity contribution in [3.8, 4) is 0 Å². The van der Waals surface area contributed by atoms with Gasteiger partial charge in [-0.1, -0.05) is 0 Å². The Hall–Kier alpha value is -0.140. The van der Waals surface area contributed by atoms with E-state index in [0.717, 1.165) is 10.1 Å². The number of hydrogen-bond acceptors (Lipinski definition) is 2. The molecule has 0 aliphatic rings. The summed E-state index contributed by atoms with van der Waals surface area (Å²) in [6.45, 7) is 0. The molecule has 0 aromatic carbocycles. The topological polar surface area (TPSA) is 63.7 Å². The second-order valence-electron chi connectivity index (χ2n) is 2.19. The van der Waals surface area contributed by atoms with Crippen LogP contribution in [0.25, 0.3) is 11.0 Å². The quantitative estimate of drug-likeness (QED) is 0.724. The third kappa shape index (κ3) is 1.62. The Kier molecular flexibility index (Phi) is 3.08. The SMILES string of the molecule is Brc1cnc2[nH]cc(I)c2c1.N. The summed E-state index contributed by atoms with van der Waals surface area (Å²) in [7, 11) is 0. The molecule has 2 aromatic rings. The molecule has 0 fully saturated rings. The van der Waals surface area contributed by atoms with E-state index < -0.39 is 0 Å². The number of aromatic amines is 1. The van der Waals surface area contributed by atoms with Crippen LogP contribution < -0.4 is 6.15 Å². The molecule has 3 nitrogen and oxygen atoms in total. The first-order valence-electron chi connectivity index (χ1n) is 3.05. The van der Waals surface area contributed by atoms with E-state index in [1.807, 2.05) is 6.20 Å². The minimum absolute atomic E-state index is 0. The monoisotopic (exact) mass is 339 g/mol. The maximum absolute atomic E-state index is 4.19. The van der Waals surface area contributed by atoms with E-state index in [1.165, 1.54) is 8.96 Å². The molecule has 0 aliphatic heterocycles. The summed E-state index contributed by atoms with van der Waals surface area (Å²) < 4.78 is 2.22. The fourth-order valence-corrected chi connectivity index (χ4v) is 1.84. The smallest absolute Gasteiger partial charge is 0.138 e. The highest BCUT2D eigenvalue weighted by atomic mass is 127. The van der Waals surface area contributed by atoms with Gasteiger partial charge < -0.3 is 11.1 Å². The molecule has 5 heteroatoms. The number of hydrogen-bond donors (Lipinski definition) is 2. The Bertz CT molecular complexity index is 398. The van der Waals surface area contributed by atoms with Gasteiger partial charge in [-0.15, -0.1) is 0 Å². The van der Waals surface area contributed by atoms with Gasteiger partial charge in [-0.05, 0) is 44.6 Å². The normalized spacial score (nSPS) is 9.83. The second kappa shape index (κ2) is 3.71. The van der Waals surface area contributed by atoms with E-state index in [9.17, 15) is 0 Å². The number of halogens is 2. The Balaban J connectivity index is 0.000000720. The molecule has 4 N–H and O–H groups in total. The Labute approximate surface area is 91.8 Å². The minimum Gasteiger partial charge on any atom is -0.345 e. The number of H-pyrrole nitrogens is 1. The molecule has 0 aliphatic carbocycles. The van der Waals surface area contributed by atoms with Gasteiger partial charge in [-0.3, -0.25) is 0 Å². The summed E-state index contributed by atoms with van der Waals surface area (Å²) >= 11 is 5.65. The van der Waals surface area contributed by atoms with E-state index >= 15 is 0 Å². The summed E-state index contributed by atoms with van der Waals surface area (Å²) in [5, 5.41) is 1.17. The van der Waals surface area contributed by atoms with Crippen LogP contribution >= 0.6 is 38.5 Å². The predicted molar refractivity (Wildman–Crippen MR) is 61.5 cm³/mol. The number of aromatic nitrogens is 2. The van der Waals surface area contributed by atoms with Crippen LogP contribution in [0.1, 0.15) is 0 Å². The highest BCUT2D eigenvalue weighted by Crippen LogP contribution is 2.21. The molecule has 0 bridgehead atoms. The van der Waals surface area contributed by atoms with Gasteiger partial charge in [0.15, 0.2) is 0 Å². The minimum atomic E-state index is 0. The molecule has 0 atom stereocenters. The van der Waals surface area contributed by atoms with Crippen molar-refractivity contribution in [1.82, 2.24) is 16.1 Å². The van der Waals surface area contributed by atoms with Crippen LogP contribution in [0, 0.1) is 3.57 Å². The number of nitrogens with one attached hydrogen (secondary N) is 1. The summed E-state index contributed by atoms with van der Waals surface area (Å²) in [6, 6.07) is 2.06. The maximum atomic E-state index is 4.19. The molecule has 2 rings (SSSR count). The molecular weight excluding hydrogens is 333 g/mol. The Morgan fingerprint density at radius 2 is 2.25 bits per heavy atom. The van der Waals surface area contributed by atoms with Crippen molar-refractivity contribution >= 4 is 49.6 Å². The van der Waals surface area contributed by atoms with Gasteiger partial charge in [-0.2, -0.15) is 0 Å². The van der Waals surface area contributed by atoms with Crippen LogP contribution in [-0.4, -0.2) is 9.97 Å². The van der Waals surface area contributed by atoms with Crippen molar-refractivity contribution in [2.24, 2.45) is 0 Å². The summed E-state index contributed by atoms with van der Waals surface area (Å²) in [5.74, 6) is 0. The number of nitrogens with zero attached hydrogens (tertiary/aromatic N) is 1. The summed E-state index contributed by atoms with van der Waals surface area (Å²) in [4.78, 5) is 7.27. The number of rotatable bonds is 0. The first kappa shape index (κ1) is 9.94. The van der Waals surface area contributed by atoms with Crippen molar-refractivity contribution in [2.75, 3.05) is 0 Å². The highest BCUT2D eigenvalue weighted by Gasteiger charge is 2.00. The fraction of sp³-hybridized carbons (Fsp3) is 0. The van der Waals surface area contributed by atoms with Crippen molar-refractivity contribution in [3.63, 3.8) is 0 Å². The average Bonchev–Trinajstić information content (AvgIpc) is 2.33. The van der Waals surface area contributed by atoms with Gasteiger partial charge in [-0.25, -0.2) is 4.98 Å². The molecule has 0 saturated carbocycles. The van der Waals surface area contributed by atoms with Crippen LogP contribution in [0.5, 0.6) is 0 Å². The number of fused-ring (bicyclic) bond motifs is 1. The van der Waals surface area contributed by atoms with Crippen molar-refractivity contribution < 1.29 is 0 Å². The molecule has 2 heterocycles. The molecule has 0 saturated heterocycles. The zero-order chi connectivity index (χ0) is 7.84. The van der Waals surface area contributed by atoms with Gasteiger partial charge >= 0.3 is 0 Å². The van der Waals surface area contributed by atoms with Crippen LogP contribution in [-0.2, 0) is 0 Å². The van der Waals surface area contributed by atoms with Crippen molar-refractivity contribution in [3.05, 3.63) is 26.5 Å². The van der Waals surface area contributed by atoms with Gasteiger partial charge in [0.05, 0.1) is 0 Å². The largest absolute Gasteiger partial charge is 0.345 e. The number of pyridine rings is 1. The standard InChI is InChI=1S/C7H4BrIN2.H3N/c8-4-1-5-6(9)3-11-7(5)10-2-4;/h1-3H,(H,10,11);1H3. The molecule has 0 spiro atoms. The first-order chi connectivity index (χ1) is 5.27. The lowest BCUT2D eigenvalue weighted by atomic mass is 10.3. The fourth-order valence-electron chi connectivity index (χ4n) is 0.946. The molecular formula is C7H7BrIN3. The van der Waals surface area contributed by atoms with Gasteiger partial charge in [0.2, 0.25) is 0 Å². The third-order valence-electron chi connectivity index (χ3n) is 1.45. The van der Waals surface area contributed by atoms with Crippen LogP contribution in [0.4, 0.5) is 0 Å². The van der Waals surface area contributed by atoms with Crippen LogP contribution in [0.15, 0.2) is 22.9 Å². The molecule has 12 heavy (non-hydrogen) atoms. The molecule has 64 valence electrons. The van der Waals surface area contributed by atoms with Crippen molar-refractivity contribution in [2.45, 2.75) is 0 Å². The van der Waals surface area contributed by atoms with Crippen LogP contribution in [0.3, 0.4) is 0 Å². The maximum Gasteiger partial charge on any atom is 0.138 e. The van der Waals surface area contributed by atoms with Crippen LogP contribution in [0.2, 0.25) is 0 Å². The average molecular weight is 340 g/mol. The molecule has 0 radical (unpaired) electrons. The van der Waals surface area contributed by atoms with Gasteiger partial charge in [0, 0.05) is 25.8 Å². The van der Waals surface area contributed by atoms with Gasteiger partial charge in [0.25, 0.3) is 0 Å². The molecule has 0 unspecified atom stereocenters. The predicted octanol–water partition coefficient (Wildman–Crippen LogP) is 3.09. The van der Waals surface area contributed by atoms with E-state index in [1.54, 1.807) is 6.20 Å². The lowest BCUT2D eigenvalue weighted by Gasteiger charge is -1.89. The zero-order valence-electron chi connectivity index (χ0n) is 6.14. The summed E-state index contributed by atoms with van der Waals surface area (Å²) in [5.41, 5.74) is 0.942. The van der Waals surface area contributed by atoms with Gasteiger partial charge in [0.1, 0.15) is 5.65 Å². The second-order valence-corrected chi connectivity index (χ2v) is 4.26. The zero-order valence-corrected chi connectivity index (χ0v) is 9.89.